The normalized spacial score (nSPS) is 20.8. The van der Waals surface area contributed by atoms with Crippen molar-refractivity contribution in [2.45, 2.75) is 50.8 Å². The Hall–Kier alpha value is -1.98. The van der Waals surface area contributed by atoms with E-state index in [0.29, 0.717) is 0 Å². The van der Waals surface area contributed by atoms with Crippen molar-refractivity contribution < 1.29 is 14.6 Å². The molecule has 0 bridgehead atoms. The van der Waals surface area contributed by atoms with Crippen LogP contribution in [0.1, 0.15) is 38.8 Å². The minimum atomic E-state index is -0.932. The maximum Gasteiger partial charge on any atom is 0.412 e. The van der Waals surface area contributed by atoms with Crippen LogP contribution >= 0.6 is 11.8 Å². The molecule has 29 heavy (non-hydrogen) atoms. The van der Waals surface area contributed by atoms with E-state index in [1.165, 1.54) is 11.8 Å². The molecule has 0 radical (unpaired) electrons. The number of cyclic esters (lactones) is 1. The molecule has 0 aliphatic carbocycles. The Morgan fingerprint density at radius 3 is 1.83 bits per heavy atom. The molecule has 1 heterocycles. The number of thioether (sulfide) groups is 1. The number of carbonyl (C=O) groups is 1. The maximum absolute atomic E-state index is 13.4. The molecular weight excluding hydrogens is 382 g/mol. The summed E-state index contributed by atoms with van der Waals surface area (Å²) in [4.78, 5) is 15.1. The van der Waals surface area contributed by atoms with E-state index in [-0.39, 0.29) is 29.3 Å². The third-order valence-electron chi connectivity index (χ3n) is 5.70. The quantitative estimate of drug-likeness (QED) is 0.685. The fraction of sp³-hybridized carbons (Fsp3) is 0.458. The molecule has 2 aromatic rings. The fourth-order valence-corrected chi connectivity index (χ4v) is 5.39. The number of hydrogen-bond acceptors (Lipinski definition) is 4. The summed E-state index contributed by atoms with van der Waals surface area (Å²) in [7, 11) is 0. The summed E-state index contributed by atoms with van der Waals surface area (Å²) < 4.78 is 6.28. The third kappa shape index (κ3) is 3.78. The number of ether oxygens (including phenoxy) is 1. The summed E-state index contributed by atoms with van der Waals surface area (Å²) in [6.45, 7) is 8.17. The molecule has 3 rings (SSSR count). The highest BCUT2D eigenvalue weighted by molar-refractivity contribution is 7.99. The molecule has 1 aliphatic heterocycles. The summed E-state index contributed by atoms with van der Waals surface area (Å²) in [5.41, 5.74) is 0.956. The van der Waals surface area contributed by atoms with Gasteiger partial charge in [0.25, 0.3) is 0 Å². The van der Waals surface area contributed by atoms with Crippen LogP contribution in [0, 0.1) is 11.8 Å². The van der Waals surface area contributed by atoms with Crippen molar-refractivity contribution in [3.05, 3.63) is 71.8 Å². The summed E-state index contributed by atoms with van der Waals surface area (Å²) >= 11 is 1.49. The zero-order chi connectivity index (χ0) is 21.2. The average molecular weight is 414 g/mol. The smallest absolute Gasteiger partial charge is 0.412 e. The van der Waals surface area contributed by atoms with Crippen LogP contribution in [0.5, 0.6) is 0 Å². The highest BCUT2D eigenvalue weighted by atomic mass is 32.2. The zero-order valence-electron chi connectivity index (χ0n) is 17.8. The molecule has 2 aromatic carbocycles. The van der Waals surface area contributed by atoms with Crippen molar-refractivity contribution in [2.24, 2.45) is 11.8 Å². The molecule has 0 aromatic heterocycles. The number of aliphatic hydroxyl groups is 1. The first-order valence-electron chi connectivity index (χ1n) is 10.2. The second-order valence-electron chi connectivity index (χ2n) is 8.29. The van der Waals surface area contributed by atoms with Gasteiger partial charge in [0.2, 0.25) is 0 Å². The second kappa shape index (κ2) is 8.80. The Morgan fingerprint density at radius 2 is 1.45 bits per heavy atom. The van der Waals surface area contributed by atoms with Crippen molar-refractivity contribution in [3.8, 4) is 0 Å². The molecule has 0 unspecified atom stereocenters. The van der Waals surface area contributed by atoms with Gasteiger partial charge in [-0.25, -0.2) is 4.79 Å². The van der Waals surface area contributed by atoms with E-state index in [1.807, 2.05) is 80.8 Å². The number of amides is 1. The molecule has 0 spiro atoms. The molecule has 156 valence electrons. The standard InChI is InChI=1S/C24H31NO3S/c1-16(2)20(26)22(29-5)25-21(17(3)4)24(28-23(25)27,18-12-8-6-9-13-18)19-14-10-7-11-15-19/h6-17,20-22,26H,1-5H3/t20-,21+,22+/m1/s1. The maximum atomic E-state index is 13.4. The molecule has 3 atom stereocenters. The number of nitrogens with zero attached hydrogens (tertiary/aromatic N) is 1. The number of benzene rings is 2. The van der Waals surface area contributed by atoms with E-state index in [1.54, 1.807) is 4.90 Å². The Balaban J connectivity index is 2.23. The molecule has 0 saturated carbocycles. The summed E-state index contributed by atoms with van der Waals surface area (Å²) in [5.74, 6) is 0.132. The predicted molar refractivity (Wildman–Crippen MR) is 119 cm³/mol. The summed E-state index contributed by atoms with van der Waals surface area (Å²) in [6, 6.07) is 19.7. The van der Waals surface area contributed by atoms with Crippen molar-refractivity contribution >= 4 is 17.9 Å². The summed E-state index contributed by atoms with van der Waals surface area (Å²) in [6.07, 6.45) is 0.906. The molecule has 5 heteroatoms. The van der Waals surface area contributed by atoms with Crippen molar-refractivity contribution in [1.29, 1.82) is 0 Å². The van der Waals surface area contributed by atoms with Crippen LogP contribution in [0.15, 0.2) is 60.7 Å². The molecular formula is C24H31NO3S. The largest absolute Gasteiger partial charge is 0.431 e. The second-order valence-corrected chi connectivity index (χ2v) is 9.25. The van der Waals surface area contributed by atoms with Gasteiger partial charge in [0.05, 0.1) is 12.1 Å². The Bertz CT molecular complexity index is 770. The lowest BCUT2D eigenvalue weighted by Gasteiger charge is -2.41. The predicted octanol–water partition coefficient (Wildman–Crippen LogP) is 5.11. The molecule has 1 fully saturated rings. The van der Waals surface area contributed by atoms with Gasteiger partial charge in [0.1, 0.15) is 5.37 Å². The van der Waals surface area contributed by atoms with Gasteiger partial charge in [-0.1, -0.05) is 88.4 Å². The van der Waals surface area contributed by atoms with Gasteiger partial charge in [-0.15, -0.1) is 11.8 Å². The van der Waals surface area contributed by atoms with Crippen molar-refractivity contribution in [2.75, 3.05) is 6.26 Å². The van der Waals surface area contributed by atoms with Gasteiger partial charge in [0, 0.05) is 11.1 Å². The van der Waals surface area contributed by atoms with E-state index >= 15 is 0 Å². The van der Waals surface area contributed by atoms with Gasteiger partial charge in [-0.3, -0.25) is 4.90 Å². The number of aliphatic hydroxyl groups excluding tert-OH is 1. The molecule has 1 aliphatic rings. The van der Waals surface area contributed by atoms with E-state index in [4.69, 9.17) is 4.74 Å². The van der Waals surface area contributed by atoms with Crippen LogP contribution in [0.25, 0.3) is 0 Å². The van der Waals surface area contributed by atoms with Crippen molar-refractivity contribution in [1.82, 2.24) is 4.90 Å². The van der Waals surface area contributed by atoms with Crippen LogP contribution < -0.4 is 0 Å². The third-order valence-corrected chi connectivity index (χ3v) is 6.69. The minimum Gasteiger partial charge on any atom is -0.431 e. The molecule has 4 nitrogen and oxygen atoms in total. The van der Waals surface area contributed by atoms with Gasteiger partial charge in [-0.05, 0) is 18.1 Å². The first kappa shape index (κ1) is 21.7. The highest BCUT2D eigenvalue weighted by Gasteiger charge is 2.59. The monoisotopic (exact) mass is 413 g/mol. The van der Waals surface area contributed by atoms with Crippen LogP contribution in [0.4, 0.5) is 4.79 Å². The lowest BCUT2D eigenvalue weighted by atomic mass is 9.75. The highest BCUT2D eigenvalue weighted by Crippen LogP contribution is 2.49. The minimum absolute atomic E-state index is 0.0245. The van der Waals surface area contributed by atoms with E-state index < -0.39 is 11.7 Å². The van der Waals surface area contributed by atoms with Gasteiger partial charge in [0.15, 0.2) is 5.60 Å². The van der Waals surface area contributed by atoms with E-state index in [0.717, 1.165) is 11.1 Å². The van der Waals surface area contributed by atoms with Crippen LogP contribution in [-0.4, -0.2) is 39.9 Å². The lowest BCUT2D eigenvalue weighted by molar-refractivity contribution is 0.0391. The Kier molecular flexibility index (Phi) is 6.59. The topological polar surface area (TPSA) is 49.8 Å². The molecule has 1 saturated heterocycles. The molecule has 1 N–H and O–H groups in total. The molecule has 1 amide bonds. The van der Waals surface area contributed by atoms with Gasteiger partial charge >= 0.3 is 6.09 Å². The Morgan fingerprint density at radius 1 is 0.966 bits per heavy atom. The van der Waals surface area contributed by atoms with Gasteiger partial charge in [-0.2, -0.15) is 0 Å². The lowest BCUT2D eigenvalue weighted by Crippen LogP contribution is -2.54. The SMILES string of the molecule is CS[C@@H]([C@H](O)C(C)C)N1C(=O)OC(c2ccccc2)(c2ccccc2)[C@@H]1C(C)C. The number of rotatable bonds is 7. The summed E-state index contributed by atoms with van der Waals surface area (Å²) in [5, 5.41) is 10.5. The van der Waals surface area contributed by atoms with Crippen LogP contribution in [0.2, 0.25) is 0 Å². The average Bonchev–Trinajstić information content (AvgIpc) is 3.04. The Labute approximate surface area is 178 Å². The van der Waals surface area contributed by atoms with Crippen molar-refractivity contribution in [3.63, 3.8) is 0 Å². The number of hydrogen-bond donors (Lipinski definition) is 1. The van der Waals surface area contributed by atoms with E-state index in [2.05, 4.69) is 13.8 Å². The zero-order valence-corrected chi connectivity index (χ0v) is 18.6. The van der Waals surface area contributed by atoms with Crippen LogP contribution in [-0.2, 0) is 10.3 Å². The first-order valence-corrected chi connectivity index (χ1v) is 11.5. The fourth-order valence-electron chi connectivity index (χ4n) is 4.36. The van der Waals surface area contributed by atoms with Crippen LogP contribution in [0.3, 0.4) is 0 Å². The van der Waals surface area contributed by atoms with Gasteiger partial charge < -0.3 is 9.84 Å². The number of carbonyl (C=O) groups excluding carboxylic acids is 1. The van der Waals surface area contributed by atoms with E-state index in [9.17, 15) is 9.90 Å². The first-order chi connectivity index (χ1) is 13.8.